The van der Waals surface area contributed by atoms with Crippen molar-refractivity contribution in [2.45, 2.75) is 20.0 Å². The number of aromatic nitrogens is 1. The molecule has 0 atom stereocenters. The normalized spacial score (nSPS) is 9.92. The molecule has 0 aliphatic carbocycles. The van der Waals surface area contributed by atoms with Crippen LogP contribution in [0, 0.1) is 0 Å². The van der Waals surface area contributed by atoms with Gasteiger partial charge in [-0.05, 0) is 18.6 Å². The number of pyridine rings is 1. The first-order chi connectivity index (χ1) is 6.29. The van der Waals surface area contributed by atoms with Crippen LogP contribution in [0.15, 0.2) is 24.5 Å². The summed E-state index contributed by atoms with van der Waals surface area (Å²) in [6.07, 6.45) is 3.97. The lowest BCUT2D eigenvalue weighted by molar-refractivity contribution is -0.118. The molecule has 0 aliphatic rings. The molecule has 1 rings (SSSR count). The molecule has 0 unspecified atom stereocenters. The predicted octanol–water partition coefficient (Wildman–Crippen LogP) is 1.58. The molecule has 1 aromatic heterocycles. The summed E-state index contributed by atoms with van der Waals surface area (Å²) in [6.45, 7) is 2.58. The molecule has 0 fully saturated rings. The molecule has 0 radical (unpaired) electrons. The molecule has 3 nitrogen and oxygen atoms in total. The van der Waals surface area contributed by atoms with Gasteiger partial charge in [0.1, 0.15) is 5.78 Å². The molecule has 3 heteroatoms. The van der Waals surface area contributed by atoms with Gasteiger partial charge >= 0.3 is 0 Å². The molecule has 0 N–H and O–H groups in total. The Morgan fingerprint density at radius 2 is 2.46 bits per heavy atom. The van der Waals surface area contributed by atoms with Crippen LogP contribution in [-0.4, -0.2) is 17.4 Å². The second-order valence-corrected chi connectivity index (χ2v) is 2.87. The molecule has 1 heterocycles. The SMILES string of the molecule is CC(=O)CCOCc1cccnc1. The van der Waals surface area contributed by atoms with E-state index < -0.39 is 0 Å². The van der Waals surface area contributed by atoms with E-state index in [1.54, 1.807) is 19.3 Å². The third kappa shape index (κ3) is 4.38. The summed E-state index contributed by atoms with van der Waals surface area (Å²) in [6, 6.07) is 3.81. The van der Waals surface area contributed by atoms with Gasteiger partial charge in [-0.1, -0.05) is 6.07 Å². The number of nitrogens with zero attached hydrogens (tertiary/aromatic N) is 1. The van der Waals surface area contributed by atoms with Crippen LogP contribution in [0.3, 0.4) is 0 Å². The van der Waals surface area contributed by atoms with E-state index in [4.69, 9.17) is 4.74 Å². The summed E-state index contributed by atoms with van der Waals surface area (Å²) in [7, 11) is 0. The van der Waals surface area contributed by atoms with E-state index >= 15 is 0 Å². The van der Waals surface area contributed by atoms with Gasteiger partial charge in [-0.15, -0.1) is 0 Å². The Hall–Kier alpha value is -1.22. The monoisotopic (exact) mass is 179 g/mol. The number of ketones is 1. The zero-order chi connectivity index (χ0) is 9.52. The highest BCUT2D eigenvalue weighted by Crippen LogP contribution is 1.98. The van der Waals surface area contributed by atoms with Crippen molar-refractivity contribution in [1.82, 2.24) is 4.98 Å². The van der Waals surface area contributed by atoms with Gasteiger partial charge in [-0.2, -0.15) is 0 Å². The highest BCUT2D eigenvalue weighted by molar-refractivity contribution is 5.75. The second-order valence-electron chi connectivity index (χ2n) is 2.87. The lowest BCUT2D eigenvalue weighted by Crippen LogP contribution is -2.00. The van der Waals surface area contributed by atoms with E-state index in [1.165, 1.54) is 0 Å². The van der Waals surface area contributed by atoms with E-state index in [0.717, 1.165) is 5.56 Å². The van der Waals surface area contributed by atoms with Gasteiger partial charge < -0.3 is 4.74 Å². The van der Waals surface area contributed by atoms with Crippen LogP contribution in [-0.2, 0) is 16.1 Å². The molecule has 0 aliphatic heterocycles. The van der Waals surface area contributed by atoms with Crippen LogP contribution in [0.5, 0.6) is 0 Å². The van der Waals surface area contributed by atoms with Crippen LogP contribution in [0.1, 0.15) is 18.9 Å². The number of carbonyl (C=O) groups excluding carboxylic acids is 1. The third-order valence-electron chi connectivity index (χ3n) is 1.59. The van der Waals surface area contributed by atoms with Gasteiger partial charge in [-0.3, -0.25) is 9.78 Å². The fourth-order valence-corrected chi connectivity index (χ4v) is 0.889. The number of Topliss-reactive ketones (excluding diaryl/α,β-unsaturated/α-hetero) is 1. The highest BCUT2D eigenvalue weighted by Gasteiger charge is 1.94. The van der Waals surface area contributed by atoms with Crippen molar-refractivity contribution in [3.8, 4) is 0 Å². The van der Waals surface area contributed by atoms with Crippen molar-refractivity contribution in [3.05, 3.63) is 30.1 Å². The average Bonchev–Trinajstić information content (AvgIpc) is 2.14. The van der Waals surface area contributed by atoms with E-state index in [9.17, 15) is 4.79 Å². The highest BCUT2D eigenvalue weighted by atomic mass is 16.5. The Morgan fingerprint density at radius 3 is 3.08 bits per heavy atom. The summed E-state index contributed by atoms with van der Waals surface area (Å²) < 4.78 is 5.27. The zero-order valence-corrected chi connectivity index (χ0v) is 7.69. The van der Waals surface area contributed by atoms with E-state index in [1.807, 2.05) is 12.1 Å². The van der Waals surface area contributed by atoms with Crippen LogP contribution < -0.4 is 0 Å². The summed E-state index contributed by atoms with van der Waals surface area (Å²) in [5, 5.41) is 0. The number of ether oxygens (including phenoxy) is 1. The first kappa shape index (κ1) is 9.86. The van der Waals surface area contributed by atoms with Crippen LogP contribution in [0.25, 0.3) is 0 Å². The minimum atomic E-state index is 0.159. The van der Waals surface area contributed by atoms with Gasteiger partial charge in [0.15, 0.2) is 0 Å². The Balaban J connectivity index is 2.17. The molecule has 0 spiro atoms. The first-order valence-corrected chi connectivity index (χ1v) is 4.25. The maximum atomic E-state index is 10.6. The quantitative estimate of drug-likeness (QED) is 0.644. The molecule has 70 valence electrons. The number of rotatable bonds is 5. The number of hydrogen-bond acceptors (Lipinski definition) is 3. The number of hydrogen-bond donors (Lipinski definition) is 0. The molecular weight excluding hydrogens is 166 g/mol. The Labute approximate surface area is 77.8 Å². The van der Waals surface area contributed by atoms with Gasteiger partial charge in [0.05, 0.1) is 13.2 Å². The molecule has 13 heavy (non-hydrogen) atoms. The lowest BCUT2D eigenvalue weighted by Gasteiger charge is -2.01. The molecule has 0 aromatic carbocycles. The summed E-state index contributed by atoms with van der Waals surface area (Å²) in [4.78, 5) is 14.5. The standard InChI is InChI=1S/C10H13NO2/c1-9(12)4-6-13-8-10-3-2-5-11-7-10/h2-3,5,7H,4,6,8H2,1H3. The van der Waals surface area contributed by atoms with Crippen molar-refractivity contribution >= 4 is 5.78 Å². The van der Waals surface area contributed by atoms with E-state index in [-0.39, 0.29) is 5.78 Å². The molecule has 1 aromatic rings. The second kappa shape index (κ2) is 5.43. The smallest absolute Gasteiger partial charge is 0.132 e. The molecule has 0 saturated heterocycles. The van der Waals surface area contributed by atoms with Crippen LogP contribution >= 0.6 is 0 Å². The van der Waals surface area contributed by atoms with Crippen molar-refractivity contribution in [2.24, 2.45) is 0 Å². The molecule has 0 amide bonds. The van der Waals surface area contributed by atoms with Crippen molar-refractivity contribution in [1.29, 1.82) is 0 Å². The minimum Gasteiger partial charge on any atom is -0.376 e. The number of carbonyl (C=O) groups is 1. The Morgan fingerprint density at radius 1 is 1.62 bits per heavy atom. The average molecular weight is 179 g/mol. The van der Waals surface area contributed by atoms with Gasteiger partial charge in [0.25, 0.3) is 0 Å². The summed E-state index contributed by atoms with van der Waals surface area (Å²) in [5.41, 5.74) is 1.03. The summed E-state index contributed by atoms with van der Waals surface area (Å²) in [5.74, 6) is 0.159. The predicted molar refractivity (Wildman–Crippen MR) is 49.2 cm³/mol. The third-order valence-corrected chi connectivity index (χ3v) is 1.59. The van der Waals surface area contributed by atoms with Crippen LogP contribution in [0.4, 0.5) is 0 Å². The topological polar surface area (TPSA) is 39.2 Å². The van der Waals surface area contributed by atoms with Gasteiger partial charge in [0.2, 0.25) is 0 Å². The largest absolute Gasteiger partial charge is 0.376 e. The maximum Gasteiger partial charge on any atom is 0.132 e. The molecule has 0 bridgehead atoms. The fourth-order valence-electron chi connectivity index (χ4n) is 0.889. The lowest BCUT2D eigenvalue weighted by atomic mass is 10.3. The maximum absolute atomic E-state index is 10.6. The molecule has 0 saturated carbocycles. The zero-order valence-electron chi connectivity index (χ0n) is 7.69. The van der Waals surface area contributed by atoms with Crippen molar-refractivity contribution < 1.29 is 9.53 Å². The van der Waals surface area contributed by atoms with E-state index in [2.05, 4.69) is 4.98 Å². The Bertz CT molecular complexity index is 259. The van der Waals surface area contributed by atoms with Gasteiger partial charge in [-0.25, -0.2) is 0 Å². The molecular formula is C10H13NO2. The Kier molecular flexibility index (Phi) is 4.12. The fraction of sp³-hybridized carbons (Fsp3) is 0.400. The first-order valence-electron chi connectivity index (χ1n) is 4.25. The van der Waals surface area contributed by atoms with Crippen LogP contribution in [0.2, 0.25) is 0 Å². The summed E-state index contributed by atoms with van der Waals surface area (Å²) >= 11 is 0. The van der Waals surface area contributed by atoms with Crippen molar-refractivity contribution in [3.63, 3.8) is 0 Å². The van der Waals surface area contributed by atoms with Crippen molar-refractivity contribution in [2.75, 3.05) is 6.61 Å². The minimum absolute atomic E-state index is 0.159. The van der Waals surface area contributed by atoms with E-state index in [0.29, 0.717) is 19.6 Å². The van der Waals surface area contributed by atoms with Gasteiger partial charge in [0, 0.05) is 18.8 Å².